The van der Waals surface area contributed by atoms with Crippen LogP contribution in [0.1, 0.15) is 28.4 Å². The minimum Gasteiger partial charge on any atom is -0.469 e. The second-order valence-corrected chi connectivity index (χ2v) is 9.04. The van der Waals surface area contributed by atoms with E-state index >= 15 is 0 Å². The second-order valence-electron chi connectivity index (χ2n) is 9.04. The fraction of sp³-hybridized carbons (Fsp3) is 0.286. The molecule has 0 aliphatic carbocycles. The Hall–Kier alpha value is -3.55. The Morgan fingerprint density at radius 1 is 1.09 bits per heavy atom. The molecule has 3 heterocycles. The van der Waals surface area contributed by atoms with Crippen LogP contribution in [0, 0.1) is 17.7 Å². The average molecular weight is 475 g/mol. The number of fused-ring (bicyclic) bond motifs is 4. The van der Waals surface area contributed by atoms with Crippen molar-refractivity contribution in [3.63, 3.8) is 0 Å². The highest BCUT2D eigenvalue weighted by Crippen LogP contribution is 2.49. The van der Waals surface area contributed by atoms with Crippen LogP contribution in [0.15, 0.2) is 71.5 Å². The summed E-state index contributed by atoms with van der Waals surface area (Å²) in [6.45, 7) is 0.318. The summed E-state index contributed by atoms with van der Waals surface area (Å²) in [5.74, 6) is -1.88. The predicted molar refractivity (Wildman–Crippen MR) is 131 cm³/mol. The number of rotatable bonds is 6. The van der Waals surface area contributed by atoms with Crippen LogP contribution in [0.25, 0.3) is 12.2 Å². The number of ether oxygens (including phenoxy) is 1. The molecule has 0 amide bonds. The van der Waals surface area contributed by atoms with Crippen LogP contribution in [0.5, 0.6) is 0 Å². The van der Waals surface area contributed by atoms with Crippen molar-refractivity contribution in [2.24, 2.45) is 11.8 Å². The third kappa shape index (κ3) is 4.11. The Labute approximate surface area is 202 Å². The molecule has 0 spiro atoms. The molecule has 35 heavy (non-hydrogen) atoms. The van der Waals surface area contributed by atoms with Crippen molar-refractivity contribution in [3.8, 4) is 0 Å². The van der Waals surface area contributed by atoms with Crippen molar-refractivity contribution >= 4 is 18.1 Å². The molecule has 180 valence electrons. The minimum absolute atomic E-state index is 0.155. The SMILES string of the molecule is COC(=O)[C@H]1[C@H](CO)[C@H]2Cn3c(ccc(C=Cc4ccccc4)c3=O)[C@@H]1N2Cc1ccccc1F. The van der Waals surface area contributed by atoms with Crippen molar-refractivity contribution in [1.82, 2.24) is 9.47 Å². The summed E-state index contributed by atoms with van der Waals surface area (Å²) in [6, 6.07) is 19.0. The smallest absolute Gasteiger partial charge is 0.311 e. The predicted octanol–water partition coefficient (Wildman–Crippen LogP) is 3.49. The fourth-order valence-corrected chi connectivity index (χ4v) is 5.56. The topological polar surface area (TPSA) is 71.8 Å². The van der Waals surface area contributed by atoms with E-state index in [4.69, 9.17) is 4.74 Å². The van der Waals surface area contributed by atoms with E-state index in [0.717, 1.165) is 5.56 Å². The summed E-state index contributed by atoms with van der Waals surface area (Å²) in [4.78, 5) is 28.4. The molecule has 0 saturated carbocycles. The molecule has 2 aliphatic rings. The molecule has 2 bridgehead atoms. The number of hydrogen-bond acceptors (Lipinski definition) is 5. The Balaban J connectivity index is 1.57. The molecule has 4 atom stereocenters. The lowest BCUT2D eigenvalue weighted by molar-refractivity contribution is -0.148. The monoisotopic (exact) mass is 474 g/mol. The fourth-order valence-electron chi connectivity index (χ4n) is 5.56. The van der Waals surface area contributed by atoms with Gasteiger partial charge < -0.3 is 14.4 Å². The number of carbonyl (C=O) groups excluding carboxylic acids is 1. The number of benzene rings is 2. The van der Waals surface area contributed by atoms with Gasteiger partial charge in [0.15, 0.2) is 0 Å². The van der Waals surface area contributed by atoms with E-state index in [2.05, 4.69) is 0 Å². The molecule has 1 saturated heterocycles. The summed E-state index contributed by atoms with van der Waals surface area (Å²) < 4.78 is 21.3. The first-order valence-electron chi connectivity index (χ1n) is 11.7. The number of methoxy groups -OCH3 is 1. The lowest BCUT2D eigenvalue weighted by atomic mass is 9.87. The number of nitrogens with zero attached hydrogens (tertiary/aromatic N) is 2. The van der Waals surface area contributed by atoms with Gasteiger partial charge in [0.1, 0.15) is 5.82 Å². The van der Waals surface area contributed by atoms with E-state index in [9.17, 15) is 19.1 Å². The molecular weight excluding hydrogens is 447 g/mol. The van der Waals surface area contributed by atoms with E-state index in [0.29, 0.717) is 23.4 Å². The Bertz CT molecular complexity index is 1320. The standard InChI is InChI=1S/C28H27FN2O4/c1-35-28(34)25-21(17-32)24-16-31-23(26(25)30(24)15-20-9-5-6-10-22(20)29)14-13-19(27(31)33)12-11-18-7-3-2-4-8-18/h2-14,21,24-26,32H,15-17H2,1H3/t21-,24-,25+,26+/m1/s1. The Morgan fingerprint density at radius 2 is 1.83 bits per heavy atom. The lowest BCUT2D eigenvalue weighted by Crippen LogP contribution is -2.46. The van der Waals surface area contributed by atoms with Gasteiger partial charge in [-0.25, -0.2) is 4.39 Å². The highest BCUT2D eigenvalue weighted by Gasteiger charge is 2.56. The number of pyridine rings is 1. The molecule has 0 radical (unpaired) electrons. The second kappa shape index (κ2) is 9.60. The number of halogens is 1. The maximum Gasteiger partial charge on any atom is 0.311 e. The molecule has 5 rings (SSSR count). The summed E-state index contributed by atoms with van der Waals surface area (Å²) >= 11 is 0. The molecule has 7 heteroatoms. The highest BCUT2D eigenvalue weighted by molar-refractivity contribution is 5.75. The van der Waals surface area contributed by atoms with Crippen molar-refractivity contribution in [2.75, 3.05) is 13.7 Å². The van der Waals surface area contributed by atoms with Crippen molar-refractivity contribution in [2.45, 2.75) is 25.2 Å². The van der Waals surface area contributed by atoms with Gasteiger partial charge in [-0.3, -0.25) is 14.5 Å². The van der Waals surface area contributed by atoms with Gasteiger partial charge in [-0.2, -0.15) is 0 Å². The molecule has 3 aromatic rings. The van der Waals surface area contributed by atoms with Crippen LogP contribution < -0.4 is 5.56 Å². The Kier molecular flexibility index (Phi) is 6.36. The van der Waals surface area contributed by atoms with Gasteiger partial charge in [0.2, 0.25) is 0 Å². The molecule has 1 N–H and O–H groups in total. The van der Waals surface area contributed by atoms with Crippen LogP contribution in [-0.2, 0) is 22.6 Å². The Morgan fingerprint density at radius 3 is 2.54 bits per heavy atom. The lowest BCUT2D eigenvalue weighted by Gasteiger charge is -2.38. The van der Waals surface area contributed by atoms with E-state index in [1.165, 1.54) is 13.2 Å². The van der Waals surface area contributed by atoms with Gasteiger partial charge in [-0.15, -0.1) is 0 Å². The average Bonchev–Trinajstić information content (AvgIpc) is 3.09. The number of aliphatic hydroxyl groups excluding tert-OH is 1. The summed E-state index contributed by atoms with van der Waals surface area (Å²) in [5.41, 5.74) is 2.54. The number of esters is 1. The summed E-state index contributed by atoms with van der Waals surface area (Å²) in [5, 5.41) is 10.3. The maximum absolute atomic E-state index is 14.5. The zero-order valence-electron chi connectivity index (χ0n) is 19.4. The number of carbonyl (C=O) groups is 1. The van der Waals surface area contributed by atoms with Crippen LogP contribution in [0.4, 0.5) is 4.39 Å². The van der Waals surface area contributed by atoms with Gasteiger partial charge in [-0.1, -0.05) is 54.6 Å². The van der Waals surface area contributed by atoms with E-state index in [1.54, 1.807) is 34.9 Å². The number of aliphatic hydroxyl groups is 1. The number of aromatic nitrogens is 1. The van der Waals surface area contributed by atoms with Gasteiger partial charge >= 0.3 is 5.97 Å². The largest absolute Gasteiger partial charge is 0.469 e. The van der Waals surface area contributed by atoms with Crippen molar-refractivity contribution < 1.29 is 19.0 Å². The molecular formula is C28H27FN2O4. The third-order valence-electron chi connectivity index (χ3n) is 7.24. The molecule has 2 aliphatic heterocycles. The summed E-state index contributed by atoms with van der Waals surface area (Å²) in [7, 11) is 1.32. The van der Waals surface area contributed by atoms with E-state index < -0.39 is 23.8 Å². The molecule has 6 nitrogen and oxygen atoms in total. The van der Waals surface area contributed by atoms with Crippen molar-refractivity contribution in [1.29, 1.82) is 0 Å². The zero-order valence-corrected chi connectivity index (χ0v) is 19.4. The van der Waals surface area contributed by atoms with Gasteiger partial charge in [0, 0.05) is 48.5 Å². The highest BCUT2D eigenvalue weighted by atomic mass is 19.1. The normalized spacial score (nSPS) is 23.4. The molecule has 2 aromatic carbocycles. The van der Waals surface area contributed by atoms with Gasteiger partial charge in [-0.05, 0) is 29.8 Å². The third-order valence-corrected chi connectivity index (χ3v) is 7.24. The molecule has 1 fully saturated rings. The first kappa shape index (κ1) is 23.2. The van der Waals surface area contributed by atoms with Crippen molar-refractivity contribution in [3.05, 3.63) is 105 Å². The summed E-state index contributed by atoms with van der Waals surface area (Å²) in [6.07, 6.45) is 3.68. The van der Waals surface area contributed by atoms with Crippen LogP contribution in [0.3, 0.4) is 0 Å². The maximum atomic E-state index is 14.5. The van der Waals surface area contributed by atoms with Crippen LogP contribution in [0.2, 0.25) is 0 Å². The van der Waals surface area contributed by atoms with E-state index in [1.807, 2.05) is 47.4 Å². The zero-order chi connectivity index (χ0) is 24.5. The van der Waals surface area contributed by atoms with Gasteiger partial charge in [0.25, 0.3) is 5.56 Å². The first-order valence-corrected chi connectivity index (χ1v) is 11.7. The van der Waals surface area contributed by atoms with Crippen LogP contribution >= 0.6 is 0 Å². The first-order chi connectivity index (χ1) is 17.0. The van der Waals surface area contributed by atoms with Gasteiger partial charge in [0.05, 0.1) is 19.1 Å². The van der Waals surface area contributed by atoms with Crippen LogP contribution in [-0.4, -0.2) is 40.3 Å². The van der Waals surface area contributed by atoms with E-state index in [-0.39, 0.29) is 30.6 Å². The quantitative estimate of drug-likeness (QED) is 0.554. The molecule has 0 unspecified atom stereocenters. The minimum atomic E-state index is -0.666. The molecule has 1 aromatic heterocycles. The number of hydrogen-bond donors (Lipinski definition) is 1.